The third kappa shape index (κ3) is 9.28. The standard InChI is InChI=1S/C3H11N3.CH5N/c1-6(2-4)3-5;1-2/h2-5H2,1H3;2H2,1H3. The van der Waals surface area contributed by atoms with Crippen LogP contribution in [0, 0.1) is 0 Å². The Morgan fingerprint density at radius 3 is 1.38 bits per heavy atom. The van der Waals surface area contributed by atoms with E-state index in [1.165, 1.54) is 7.05 Å². The molecule has 6 N–H and O–H groups in total. The molecule has 0 fully saturated rings. The highest BCUT2D eigenvalue weighted by Gasteiger charge is 1.81. The Bertz CT molecular complexity index is 27.2. The van der Waals surface area contributed by atoms with Crippen LogP contribution >= 0.6 is 0 Å². The van der Waals surface area contributed by atoms with Crippen molar-refractivity contribution in [2.45, 2.75) is 0 Å². The van der Waals surface area contributed by atoms with Crippen molar-refractivity contribution in [3.8, 4) is 0 Å². The summed E-state index contributed by atoms with van der Waals surface area (Å²) in [6, 6.07) is 0. The van der Waals surface area contributed by atoms with E-state index in [9.17, 15) is 0 Å². The lowest BCUT2D eigenvalue weighted by Crippen LogP contribution is -2.30. The monoisotopic (exact) mass is 120 g/mol. The molecule has 4 heteroatoms. The van der Waals surface area contributed by atoms with Crippen LogP contribution in [0.15, 0.2) is 0 Å². The van der Waals surface area contributed by atoms with Crippen LogP contribution in [0.2, 0.25) is 0 Å². The Hall–Kier alpha value is -0.160. The van der Waals surface area contributed by atoms with Crippen LogP contribution in [0.1, 0.15) is 0 Å². The smallest absolute Gasteiger partial charge is 0.0464 e. The van der Waals surface area contributed by atoms with Crippen molar-refractivity contribution < 1.29 is 0 Å². The summed E-state index contributed by atoms with van der Waals surface area (Å²) < 4.78 is 0. The van der Waals surface area contributed by atoms with E-state index in [0.29, 0.717) is 13.3 Å². The quantitative estimate of drug-likeness (QED) is 0.380. The summed E-state index contributed by atoms with van der Waals surface area (Å²) in [5.74, 6) is 0. The molecule has 0 aromatic heterocycles. The van der Waals surface area contributed by atoms with Gasteiger partial charge in [-0.2, -0.15) is 0 Å². The maximum atomic E-state index is 5.13. The van der Waals surface area contributed by atoms with Gasteiger partial charge in [-0.15, -0.1) is 0 Å². The lowest BCUT2D eigenvalue weighted by molar-refractivity contribution is 0.356. The Balaban J connectivity index is 0. The summed E-state index contributed by atoms with van der Waals surface area (Å²) in [5, 5.41) is 0. The van der Waals surface area contributed by atoms with Crippen LogP contribution in [0.5, 0.6) is 0 Å². The fourth-order valence-corrected chi connectivity index (χ4v) is 0.0745. The van der Waals surface area contributed by atoms with E-state index >= 15 is 0 Å². The molecule has 0 spiro atoms. The average Bonchev–Trinajstić information content (AvgIpc) is 1.91. The highest BCUT2D eigenvalue weighted by Crippen LogP contribution is 1.62. The molecule has 0 saturated carbocycles. The molecule has 0 aliphatic rings. The van der Waals surface area contributed by atoms with Crippen molar-refractivity contribution in [2.75, 3.05) is 27.4 Å². The second kappa shape index (κ2) is 9.96. The largest absolute Gasteiger partial charge is 0.333 e. The minimum atomic E-state index is 0.538. The van der Waals surface area contributed by atoms with E-state index < -0.39 is 0 Å². The Morgan fingerprint density at radius 2 is 1.38 bits per heavy atom. The van der Waals surface area contributed by atoms with Crippen LogP contribution in [-0.4, -0.2) is 32.3 Å². The van der Waals surface area contributed by atoms with Crippen LogP contribution < -0.4 is 17.2 Å². The van der Waals surface area contributed by atoms with Gasteiger partial charge in [-0.05, 0) is 14.1 Å². The Kier molecular flexibility index (Phi) is 13.4. The van der Waals surface area contributed by atoms with E-state index in [1.54, 1.807) is 4.90 Å². The van der Waals surface area contributed by atoms with Crippen LogP contribution in [0.4, 0.5) is 0 Å². The van der Waals surface area contributed by atoms with E-state index in [4.69, 9.17) is 11.5 Å². The summed E-state index contributed by atoms with van der Waals surface area (Å²) in [4.78, 5) is 1.81. The van der Waals surface area contributed by atoms with Gasteiger partial charge in [0, 0.05) is 13.3 Å². The first kappa shape index (κ1) is 10.8. The average molecular weight is 120 g/mol. The van der Waals surface area contributed by atoms with Gasteiger partial charge in [0.2, 0.25) is 0 Å². The molecule has 0 aromatic carbocycles. The summed E-state index contributed by atoms with van der Waals surface area (Å²) >= 11 is 0. The first-order valence-corrected chi connectivity index (χ1v) is 2.47. The molecular weight excluding hydrogens is 104 g/mol. The summed E-state index contributed by atoms with van der Waals surface area (Å²) in [5.41, 5.74) is 14.8. The van der Waals surface area contributed by atoms with Gasteiger partial charge >= 0.3 is 0 Å². The zero-order valence-corrected chi connectivity index (χ0v) is 5.59. The summed E-state index contributed by atoms with van der Waals surface area (Å²) in [6.45, 7) is 1.08. The van der Waals surface area contributed by atoms with E-state index in [1.807, 2.05) is 7.05 Å². The highest BCUT2D eigenvalue weighted by molar-refractivity contribution is 4.32. The molecule has 0 aliphatic carbocycles. The number of nitrogens with two attached hydrogens (primary N) is 3. The lowest BCUT2D eigenvalue weighted by atomic mass is 10.8. The Labute approximate surface area is 50.6 Å². The molecule has 0 radical (unpaired) electrons. The van der Waals surface area contributed by atoms with E-state index in [0.717, 1.165) is 0 Å². The maximum Gasteiger partial charge on any atom is 0.0464 e. The van der Waals surface area contributed by atoms with Gasteiger partial charge in [0.25, 0.3) is 0 Å². The summed E-state index contributed by atoms with van der Waals surface area (Å²) in [7, 11) is 3.36. The van der Waals surface area contributed by atoms with Gasteiger partial charge in [-0.1, -0.05) is 0 Å². The van der Waals surface area contributed by atoms with Crippen molar-refractivity contribution in [3.05, 3.63) is 0 Å². The zero-order valence-electron chi connectivity index (χ0n) is 5.59. The minimum absolute atomic E-state index is 0.538. The minimum Gasteiger partial charge on any atom is -0.333 e. The molecule has 4 nitrogen and oxygen atoms in total. The van der Waals surface area contributed by atoms with Crippen molar-refractivity contribution in [2.24, 2.45) is 17.2 Å². The fourth-order valence-electron chi connectivity index (χ4n) is 0.0745. The molecule has 0 aliphatic heterocycles. The fraction of sp³-hybridized carbons (Fsp3) is 1.00. The molecule has 0 heterocycles. The van der Waals surface area contributed by atoms with Gasteiger partial charge in [-0.25, -0.2) is 0 Å². The molecule has 0 aromatic rings. The molecule has 0 bridgehead atoms. The van der Waals surface area contributed by atoms with Gasteiger partial charge in [0.15, 0.2) is 0 Å². The molecule has 0 rings (SSSR count). The third-order valence-electron chi connectivity index (χ3n) is 0.623. The molecule has 0 unspecified atom stereocenters. The number of hydrogen-bond acceptors (Lipinski definition) is 4. The predicted octanol–water partition coefficient (Wildman–Crippen LogP) is -1.67. The Morgan fingerprint density at radius 1 is 1.12 bits per heavy atom. The topological polar surface area (TPSA) is 81.3 Å². The number of hydrogen-bond donors (Lipinski definition) is 3. The van der Waals surface area contributed by atoms with Crippen LogP contribution in [0.3, 0.4) is 0 Å². The van der Waals surface area contributed by atoms with Gasteiger partial charge < -0.3 is 17.2 Å². The van der Waals surface area contributed by atoms with Crippen molar-refractivity contribution in [1.82, 2.24) is 4.90 Å². The number of nitrogens with zero attached hydrogens (tertiary/aromatic N) is 1. The van der Waals surface area contributed by atoms with Crippen LogP contribution in [-0.2, 0) is 0 Å². The molecule has 0 amide bonds. The normalized spacial score (nSPS) is 8.25. The van der Waals surface area contributed by atoms with Crippen LogP contribution in [0.25, 0.3) is 0 Å². The first-order chi connectivity index (χ1) is 3.81. The summed E-state index contributed by atoms with van der Waals surface area (Å²) in [6.07, 6.45) is 0. The lowest BCUT2D eigenvalue weighted by Gasteiger charge is -2.07. The molecular formula is C4H16N4. The molecule has 0 atom stereocenters. The molecule has 52 valence electrons. The number of rotatable bonds is 2. The van der Waals surface area contributed by atoms with E-state index in [-0.39, 0.29) is 0 Å². The second-order valence-corrected chi connectivity index (χ2v) is 1.22. The van der Waals surface area contributed by atoms with Gasteiger partial charge in [0.05, 0.1) is 0 Å². The first-order valence-electron chi connectivity index (χ1n) is 2.47. The van der Waals surface area contributed by atoms with Crippen molar-refractivity contribution in [3.63, 3.8) is 0 Å². The second-order valence-electron chi connectivity index (χ2n) is 1.22. The predicted molar refractivity (Wildman–Crippen MR) is 36.0 cm³/mol. The SMILES string of the molecule is CN.CN(CN)CN. The van der Waals surface area contributed by atoms with Crippen molar-refractivity contribution in [1.29, 1.82) is 0 Å². The van der Waals surface area contributed by atoms with Gasteiger partial charge in [-0.3, -0.25) is 4.90 Å². The zero-order chi connectivity index (χ0) is 6.99. The third-order valence-corrected chi connectivity index (χ3v) is 0.623. The van der Waals surface area contributed by atoms with Crippen molar-refractivity contribution >= 4 is 0 Å². The molecule has 0 saturated heterocycles. The maximum absolute atomic E-state index is 5.13. The highest BCUT2D eigenvalue weighted by atomic mass is 15.2. The molecule has 8 heavy (non-hydrogen) atoms. The van der Waals surface area contributed by atoms with E-state index in [2.05, 4.69) is 5.73 Å². The van der Waals surface area contributed by atoms with Gasteiger partial charge in [0.1, 0.15) is 0 Å².